The van der Waals surface area contributed by atoms with Crippen molar-refractivity contribution in [2.75, 3.05) is 19.7 Å². The maximum atomic E-state index is 14.4. The van der Waals surface area contributed by atoms with Gasteiger partial charge in [0.1, 0.15) is 5.82 Å². The molecule has 0 spiro atoms. The lowest BCUT2D eigenvalue weighted by molar-refractivity contribution is -0.325. The van der Waals surface area contributed by atoms with E-state index >= 15 is 0 Å². The molecule has 4 rings (SSSR count). The second-order valence-corrected chi connectivity index (χ2v) is 8.70. The standard InChI is InChI=1S/C24H24ClF4N3O2/c25-20-3-1-2-17-19(14-32(22(17)20)10-11-34-24(27,28)29)23(33)31-8-6-16(7-9-31)18-12-15(13-30)4-5-21(18)26/h1-5,12,14,16H,6-11,13,30H2. The molecule has 0 unspecified atom stereocenters. The molecule has 182 valence electrons. The number of alkyl halides is 3. The van der Waals surface area contributed by atoms with Gasteiger partial charge in [-0.05, 0) is 42.0 Å². The van der Waals surface area contributed by atoms with Crippen LogP contribution < -0.4 is 5.73 Å². The molecule has 10 heteroatoms. The number of aromatic nitrogens is 1. The summed E-state index contributed by atoms with van der Waals surface area (Å²) in [7, 11) is 0. The van der Waals surface area contributed by atoms with E-state index in [1.807, 2.05) is 0 Å². The van der Waals surface area contributed by atoms with Gasteiger partial charge in [-0.3, -0.25) is 9.53 Å². The third kappa shape index (κ3) is 5.21. The molecule has 2 N–H and O–H groups in total. The number of carbonyl (C=O) groups excluding carboxylic acids is 1. The quantitative estimate of drug-likeness (QED) is 0.461. The molecule has 1 amide bonds. The van der Waals surface area contributed by atoms with Crippen LogP contribution in [0.4, 0.5) is 17.6 Å². The average Bonchev–Trinajstić information content (AvgIpc) is 3.18. The molecule has 0 bridgehead atoms. The number of halogens is 5. The number of fused-ring (bicyclic) bond motifs is 1. The maximum absolute atomic E-state index is 14.4. The summed E-state index contributed by atoms with van der Waals surface area (Å²) in [6.07, 6.45) is -2.03. The highest BCUT2D eigenvalue weighted by Crippen LogP contribution is 2.33. The van der Waals surface area contributed by atoms with Gasteiger partial charge in [0, 0.05) is 37.8 Å². The van der Waals surface area contributed by atoms with Crippen LogP contribution >= 0.6 is 11.6 Å². The van der Waals surface area contributed by atoms with Crippen LogP contribution in [-0.4, -0.2) is 41.4 Å². The van der Waals surface area contributed by atoms with Gasteiger partial charge in [-0.1, -0.05) is 35.9 Å². The minimum atomic E-state index is -4.74. The van der Waals surface area contributed by atoms with Crippen molar-refractivity contribution in [2.45, 2.75) is 38.2 Å². The Morgan fingerprint density at radius 2 is 1.91 bits per heavy atom. The van der Waals surface area contributed by atoms with Crippen molar-refractivity contribution in [3.05, 3.63) is 70.1 Å². The number of nitrogens with zero attached hydrogens (tertiary/aromatic N) is 2. The molecule has 0 atom stereocenters. The highest BCUT2D eigenvalue weighted by molar-refractivity contribution is 6.35. The number of piperidine rings is 1. The first kappa shape index (κ1) is 24.5. The van der Waals surface area contributed by atoms with E-state index < -0.39 is 13.0 Å². The first-order valence-corrected chi connectivity index (χ1v) is 11.3. The van der Waals surface area contributed by atoms with Crippen LogP contribution in [0, 0.1) is 5.82 Å². The van der Waals surface area contributed by atoms with E-state index in [1.54, 1.807) is 35.2 Å². The Morgan fingerprint density at radius 3 is 2.59 bits per heavy atom. The van der Waals surface area contributed by atoms with Crippen LogP contribution in [0.3, 0.4) is 0 Å². The van der Waals surface area contributed by atoms with E-state index in [2.05, 4.69) is 4.74 Å². The van der Waals surface area contributed by atoms with Crippen LogP contribution in [0.1, 0.15) is 40.2 Å². The number of hydrogen-bond acceptors (Lipinski definition) is 3. The fourth-order valence-corrected chi connectivity index (χ4v) is 4.80. The molecule has 34 heavy (non-hydrogen) atoms. The van der Waals surface area contributed by atoms with Crippen LogP contribution in [0.25, 0.3) is 10.9 Å². The van der Waals surface area contributed by atoms with Gasteiger partial charge in [-0.15, -0.1) is 13.2 Å². The van der Waals surface area contributed by atoms with Gasteiger partial charge in [0.25, 0.3) is 5.91 Å². The Bertz CT molecular complexity index is 1190. The molecular formula is C24H24ClF4N3O2. The topological polar surface area (TPSA) is 60.5 Å². The van der Waals surface area contributed by atoms with Crippen LogP contribution in [-0.2, 0) is 17.8 Å². The van der Waals surface area contributed by atoms with E-state index in [-0.39, 0.29) is 24.2 Å². The van der Waals surface area contributed by atoms with Crippen LogP contribution in [0.5, 0.6) is 0 Å². The first-order chi connectivity index (χ1) is 16.2. The second-order valence-electron chi connectivity index (χ2n) is 8.29. The number of nitrogens with two attached hydrogens (primary N) is 1. The number of amides is 1. The summed E-state index contributed by atoms with van der Waals surface area (Å²) in [5.74, 6) is -0.538. The largest absolute Gasteiger partial charge is 0.522 e. The Hall–Kier alpha value is -2.62. The molecule has 1 fully saturated rings. The normalized spacial score (nSPS) is 15.3. The molecule has 1 aromatic heterocycles. The smallest absolute Gasteiger partial charge is 0.343 e. The maximum Gasteiger partial charge on any atom is 0.522 e. The molecule has 1 aliphatic heterocycles. The molecule has 0 saturated carbocycles. The van der Waals surface area contributed by atoms with E-state index in [1.165, 1.54) is 16.8 Å². The van der Waals surface area contributed by atoms with Crippen molar-refractivity contribution in [2.24, 2.45) is 5.73 Å². The predicted molar refractivity (Wildman–Crippen MR) is 121 cm³/mol. The Kier molecular flexibility index (Phi) is 7.16. The summed E-state index contributed by atoms with van der Waals surface area (Å²) in [6.45, 7) is 0.461. The number of para-hydroxylation sites is 1. The SMILES string of the molecule is NCc1ccc(F)c(C2CCN(C(=O)c3cn(CCOC(F)(F)F)c4c(Cl)cccc34)CC2)c1. The summed E-state index contributed by atoms with van der Waals surface area (Å²) >= 11 is 6.31. The van der Waals surface area contributed by atoms with E-state index in [4.69, 9.17) is 17.3 Å². The highest BCUT2D eigenvalue weighted by Gasteiger charge is 2.30. The Balaban J connectivity index is 1.52. The molecule has 5 nitrogen and oxygen atoms in total. The number of benzene rings is 2. The Labute approximate surface area is 199 Å². The Morgan fingerprint density at radius 1 is 1.18 bits per heavy atom. The first-order valence-electron chi connectivity index (χ1n) is 10.9. The molecule has 2 heterocycles. The fourth-order valence-electron chi connectivity index (χ4n) is 4.52. The van der Waals surface area contributed by atoms with E-state index in [9.17, 15) is 22.4 Å². The zero-order valence-corrected chi connectivity index (χ0v) is 19.0. The summed E-state index contributed by atoms with van der Waals surface area (Å²) < 4.78 is 57.0. The number of rotatable bonds is 6. The van der Waals surface area contributed by atoms with Crippen molar-refractivity contribution in [1.82, 2.24) is 9.47 Å². The number of ether oxygens (including phenoxy) is 1. The number of hydrogen-bond donors (Lipinski definition) is 1. The fraction of sp³-hybridized carbons (Fsp3) is 0.375. The lowest BCUT2D eigenvalue weighted by atomic mass is 9.88. The second kappa shape index (κ2) is 9.93. The molecule has 0 radical (unpaired) electrons. The van der Waals surface area contributed by atoms with Crippen molar-refractivity contribution in [3.63, 3.8) is 0 Å². The van der Waals surface area contributed by atoms with Crippen LogP contribution in [0.2, 0.25) is 5.02 Å². The van der Waals surface area contributed by atoms with E-state index in [0.717, 1.165) is 5.56 Å². The summed E-state index contributed by atoms with van der Waals surface area (Å²) in [4.78, 5) is 15.0. The van der Waals surface area contributed by atoms with Crippen molar-refractivity contribution >= 4 is 28.4 Å². The third-order valence-corrected chi connectivity index (χ3v) is 6.50. The zero-order valence-electron chi connectivity index (χ0n) is 18.2. The van der Waals surface area contributed by atoms with Crippen molar-refractivity contribution < 1.29 is 27.1 Å². The van der Waals surface area contributed by atoms with Crippen LogP contribution in [0.15, 0.2) is 42.6 Å². The van der Waals surface area contributed by atoms with Crippen molar-refractivity contribution in [3.8, 4) is 0 Å². The summed E-state index contributed by atoms with van der Waals surface area (Å²) in [5, 5.41) is 0.894. The molecule has 2 aromatic carbocycles. The summed E-state index contributed by atoms with van der Waals surface area (Å²) in [5.41, 5.74) is 7.99. The van der Waals surface area contributed by atoms with Gasteiger partial charge >= 0.3 is 6.36 Å². The molecule has 1 aliphatic rings. The van der Waals surface area contributed by atoms with Gasteiger partial charge < -0.3 is 15.2 Å². The molecule has 3 aromatic rings. The monoisotopic (exact) mass is 497 g/mol. The molecule has 0 aliphatic carbocycles. The minimum absolute atomic E-state index is 0.0224. The molecule has 1 saturated heterocycles. The lowest BCUT2D eigenvalue weighted by Crippen LogP contribution is -2.38. The number of likely N-dealkylation sites (tertiary alicyclic amines) is 1. The van der Waals surface area contributed by atoms with E-state index in [0.29, 0.717) is 59.5 Å². The summed E-state index contributed by atoms with van der Waals surface area (Å²) in [6, 6.07) is 9.91. The number of carbonyl (C=O) groups is 1. The van der Waals surface area contributed by atoms with Crippen molar-refractivity contribution in [1.29, 1.82) is 0 Å². The average molecular weight is 498 g/mol. The predicted octanol–water partition coefficient (Wildman–Crippen LogP) is 5.45. The van der Waals surface area contributed by atoms with Gasteiger partial charge in [0.2, 0.25) is 0 Å². The zero-order chi connectivity index (χ0) is 24.5. The lowest BCUT2D eigenvalue weighted by Gasteiger charge is -2.32. The van der Waals surface area contributed by atoms with Gasteiger partial charge in [0.05, 0.1) is 22.7 Å². The van der Waals surface area contributed by atoms with Gasteiger partial charge in [-0.25, -0.2) is 4.39 Å². The minimum Gasteiger partial charge on any atom is -0.343 e. The van der Waals surface area contributed by atoms with Gasteiger partial charge in [0.15, 0.2) is 0 Å². The molecular weight excluding hydrogens is 474 g/mol. The third-order valence-electron chi connectivity index (χ3n) is 6.20. The van der Waals surface area contributed by atoms with Gasteiger partial charge in [-0.2, -0.15) is 0 Å². The highest BCUT2D eigenvalue weighted by atomic mass is 35.5.